The van der Waals surface area contributed by atoms with Crippen molar-refractivity contribution >= 4 is 0 Å². The van der Waals surface area contributed by atoms with Crippen LogP contribution in [0.1, 0.15) is 5.56 Å². The minimum absolute atomic E-state index is 0.273. The summed E-state index contributed by atoms with van der Waals surface area (Å²) < 4.78 is 2.49. The molecule has 0 saturated carbocycles. The summed E-state index contributed by atoms with van der Waals surface area (Å²) in [6.07, 6.45) is 4.73. The Kier molecular flexibility index (Phi) is 2.44. The Morgan fingerprint density at radius 3 is 2.69 bits per heavy atom. The van der Waals surface area contributed by atoms with Crippen LogP contribution in [0.3, 0.4) is 0 Å². The number of rotatable bonds is 1. The highest BCUT2D eigenvalue weighted by Gasteiger charge is 2.06. The third kappa shape index (κ3) is 1.56. The molecule has 0 fully saturated rings. The van der Waals surface area contributed by atoms with Gasteiger partial charge in [-0.2, -0.15) is 0 Å². The molecule has 5 nitrogen and oxygen atoms in total. The molecule has 2 aromatic rings. The summed E-state index contributed by atoms with van der Waals surface area (Å²) in [5.41, 5.74) is 0.519. The zero-order chi connectivity index (χ0) is 11.7. The maximum Gasteiger partial charge on any atom is 0.335 e. The highest BCUT2D eigenvalue weighted by atomic mass is 16.2. The van der Waals surface area contributed by atoms with E-state index in [0.29, 0.717) is 11.3 Å². The average molecular weight is 217 g/mol. The van der Waals surface area contributed by atoms with Crippen molar-refractivity contribution in [3.63, 3.8) is 0 Å². The quantitative estimate of drug-likeness (QED) is 0.687. The van der Waals surface area contributed by atoms with E-state index in [1.807, 2.05) is 0 Å². The van der Waals surface area contributed by atoms with E-state index in [9.17, 15) is 9.59 Å². The van der Waals surface area contributed by atoms with Crippen molar-refractivity contribution in [2.45, 2.75) is 6.92 Å². The molecule has 0 unspecified atom stereocenters. The van der Waals surface area contributed by atoms with Crippen LogP contribution in [-0.4, -0.2) is 14.1 Å². The van der Waals surface area contributed by atoms with Crippen LogP contribution in [0.15, 0.2) is 40.3 Å². The summed E-state index contributed by atoms with van der Waals surface area (Å²) in [5, 5.41) is 0. The molecule has 0 saturated heterocycles. The zero-order valence-electron chi connectivity index (χ0n) is 9.04. The highest BCUT2D eigenvalue weighted by molar-refractivity contribution is 5.28. The van der Waals surface area contributed by atoms with Crippen molar-refractivity contribution in [1.29, 1.82) is 0 Å². The molecule has 16 heavy (non-hydrogen) atoms. The Balaban J connectivity index is 2.78. The number of aryl methyl sites for hydroxylation is 1. The van der Waals surface area contributed by atoms with Gasteiger partial charge in [0.25, 0.3) is 5.56 Å². The van der Waals surface area contributed by atoms with Crippen LogP contribution in [0, 0.1) is 6.92 Å². The molecule has 0 aliphatic heterocycles. The number of hydrogen-bond acceptors (Lipinski definition) is 3. The highest BCUT2D eigenvalue weighted by Crippen LogP contribution is 2.00. The van der Waals surface area contributed by atoms with Gasteiger partial charge in [-0.15, -0.1) is 0 Å². The fraction of sp³-hybridized carbons (Fsp3) is 0.182. The number of hydrogen-bond donors (Lipinski definition) is 0. The number of aromatic nitrogens is 3. The lowest BCUT2D eigenvalue weighted by molar-refractivity contribution is 0.717. The molecular formula is C11H11N3O2. The lowest BCUT2D eigenvalue weighted by atomic mass is 10.3. The normalized spacial score (nSPS) is 10.4. The van der Waals surface area contributed by atoms with Crippen molar-refractivity contribution in [2.75, 3.05) is 0 Å². The number of pyridine rings is 1. The number of nitrogens with zero attached hydrogens (tertiary/aromatic N) is 3. The topological polar surface area (TPSA) is 56.9 Å². The van der Waals surface area contributed by atoms with Crippen molar-refractivity contribution in [3.05, 3.63) is 57.1 Å². The zero-order valence-corrected chi connectivity index (χ0v) is 9.04. The van der Waals surface area contributed by atoms with Gasteiger partial charge in [0.1, 0.15) is 0 Å². The molecule has 0 bridgehead atoms. The maximum absolute atomic E-state index is 11.8. The Morgan fingerprint density at radius 1 is 1.31 bits per heavy atom. The first kappa shape index (κ1) is 10.4. The van der Waals surface area contributed by atoms with Crippen LogP contribution in [-0.2, 0) is 7.05 Å². The molecule has 0 radical (unpaired) electrons. The average Bonchev–Trinajstić information content (AvgIpc) is 2.32. The van der Waals surface area contributed by atoms with Gasteiger partial charge in [-0.25, -0.2) is 4.79 Å². The van der Waals surface area contributed by atoms with Gasteiger partial charge in [-0.1, -0.05) is 0 Å². The van der Waals surface area contributed by atoms with Crippen LogP contribution in [0.2, 0.25) is 0 Å². The smallest absolute Gasteiger partial charge is 0.269 e. The Labute approximate surface area is 91.6 Å². The van der Waals surface area contributed by atoms with Crippen molar-refractivity contribution < 1.29 is 0 Å². The van der Waals surface area contributed by atoms with Crippen LogP contribution >= 0.6 is 0 Å². The molecule has 2 rings (SSSR count). The van der Waals surface area contributed by atoms with Crippen molar-refractivity contribution in [1.82, 2.24) is 14.1 Å². The van der Waals surface area contributed by atoms with Crippen molar-refractivity contribution in [2.24, 2.45) is 7.05 Å². The molecule has 0 spiro atoms. The van der Waals surface area contributed by atoms with E-state index in [4.69, 9.17) is 0 Å². The van der Waals surface area contributed by atoms with E-state index in [2.05, 4.69) is 4.98 Å². The molecule has 2 heterocycles. The third-order valence-corrected chi connectivity index (χ3v) is 2.38. The second-order valence-corrected chi connectivity index (χ2v) is 3.54. The monoisotopic (exact) mass is 217 g/mol. The second kappa shape index (κ2) is 3.77. The van der Waals surface area contributed by atoms with Gasteiger partial charge in [-0.3, -0.25) is 18.9 Å². The fourth-order valence-electron chi connectivity index (χ4n) is 1.50. The summed E-state index contributed by atoms with van der Waals surface area (Å²) >= 11 is 0. The molecule has 2 aromatic heterocycles. The Bertz CT molecular complexity index is 626. The van der Waals surface area contributed by atoms with Gasteiger partial charge < -0.3 is 0 Å². The second-order valence-electron chi connectivity index (χ2n) is 3.54. The van der Waals surface area contributed by atoms with Gasteiger partial charge in [-0.05, 0) is 19.1 Å². The summed E-state index contributed by atoms with van der Waals surface area (Å²) in [6.45, 7) is 1.68. The molecule has 0 aliphatic rings. The molecule has 0 aliphatic carbocycles. The van der Waals surface area contributed by atoms with E-state index in [1.54, 1.807) is 31.5 Å². The lowest BCUT2D eigenvalue weighted by Gasteiger charge is -2.07. The van der Waals surface area contributed by atoms with E-state index < -0.39 is 0 Å². The van der Waals surface area contributed by atoms with Crippen LogP contribution in [0.25, 0.3) is 5.69 Å². The van der Waals surface area contributed by atoms with Gasteiger partial charge in [0, 0.05) is 25.0 Å². The van der Waals surface area contributed by atoms with E-state index in [-0.39, 0.29) is 11.2 Å². The Hall–Kier alpha value is -2.17. The van der Waals surface area contributed by atoms with Crippen LogP contribution in [0.5, 0.6) is 0 Å². The largest absolute Gasteiger partial charge is 0.335 e. The first-order valence-electron chi connectivity index (χ1n) is 4.81. The first-order chi connectivity index (χ1) is 7.61. The maximum atomic E-state index is 11.8. The molecule has 0 aromatic carbocycles. The lowest BCUT2D eigenvalue weighted by Crippen LogP contribution is -2.38. The summed E-state index contributed by atoms with van der Waals surface area (Å²) in [4.78, 5) is 27.3. The first-order valence-corrected chi connectivity index (χ1v) is 4.81. The summed E-state index contributed by atoms with van der Waals surface area (Å²) in [6, 6.07) is 3.50. The predicted octanol–water partition coefficient (Wildman–Crippen LogP) is 0.240. The van der Waals surface area contributed by atoms with Gasteiger partial charge in [0.05, 0.1) is 11.9 Å². The fourth-order valence-corrected chi connectivity index (χ4v) is 1.50. The van der Waals surface area contributed by atoms with Crippen LogP contribution < -0.4 is 11.2 Å². The van der Waals surface area contributed by atoms with Crippen LogP contribution in [0.4, 0.5) is 0 Å². The summed E-state index contributed by atoms with van der Waals surface area (Å²) in [7, 11) is 1.46. The molecule has 82 valence electrons. The summed E-state index contributed by atoms with van der Waals surface area (Å²) in [5.74, 6) is 0. The minimum atomic E-state index is -0.372. The SMILES string of the molecule is Cc1cn(-c2cccnc2)c(=O)n(C)c1=O. The minimum Gasteiger partial charge on any atom is -0.269 e. The molecule has 0 atom stereocenters. The Morgan fingerprint density at radius 2 is 2.06 bits per heavy atom. The van der Waals surface area contributed by atoms with E-state index >= 15 is 0 Å². The molecule has 0 N–H and O–H groups in total. The molecular weight excluding hydrogens is 206 g/mol. The standard InChI is InChI=1S/C11H11N3O2/c1-8-7-14(9-4-3-5-12-6-9)11(16)13(2)10(8)15/h3-7H,1-2H3. The van der Waals surface area contributed by atoms with Gasteiger partial charge >= 0.3 is 5.69 Å². The van der Waals surface area contributed by atoms with E-state index in [0.717, 1.165) is 4.57 Å². The van der Waals surface area contributed by atoms with Crippen molar-refractivity contribution in [3.8, 4) is 5.69 Å². The molecule has 5 heteroatoms. The van der Waals surface area contributed by atoms with E-state index in [1.165, 1.54) is 17.8 Å². The predicted molar refractivity (Wildman–Crippen MR) is 59.8 cm³/mol. The van der Waals surface area contributed by atoms with Gasteiger partial charge in [0.2, 0.25) is 0 Å². The third-order valence-electron chi connectivity index (χ3n) is 2.38. The van der Waals surface area contributed by atoms with Gasteiger partial charge in [0.15, 0.2) is 0 Å². The molecule has 0 amide bonds.